The number of hydrogen-bond donors (Lipinski definition) is 2. The molecule has 0 aromatic heterocycles. The molecule has 108 valence electrons. The summed E-state index contributed by atoms with van der Waals surface area (Å²) in [4.78, 5) is 0. The Hall–Kier alpha value is -1.06. The lowest BCUT2D eigenvalue weighted by Gasteiger charge is -2.42. The van der Waals surface area contributed by atoms with Gasteiger partial charge in [0.25, 0.3) is 0 Å². The van der Waals surface area contributed by atoms with Gasteiger partial charge in [-0.05, 0) is 44.4 Å². The van der Waals surface area contributed by atoms with Crippen molar-refractivity contribution in [3.63, 3.8) is 0 Å². The normalized spacial score (nSPS) is 15.1. The van der Waals surface area contributed by atoms with Crippen LogP contribution in [-0.4, -0.2) is 23.9 Å². The second kappa shape index (κ2) is 6.40. The molecule has 0 spiro atoms. The molecule has 3 N–H and O–H groups in total. The molecule has 1 atom stereocenters. The topological polar surface area (TPSA) is 55.5 Å². The highest BCUT2D eigenvalue weighted by Gasteiger charge is 2.39. The molecule has 0 fully saturated rings. The van der Waals surface area contributed by atoms with Gasteiger partial charge in [-0.2, -0.15) is 0 Å². The number of hydrogen-bond acceptors (Lipinski definition) is 3. The van der Waals surface area contributed by atoms with Gasteiger partial charge in [0.15, 0.2) is 0 Å². The summed E-state index contributed by atoms with van der Waals surface area (Å²) in [5, 5.41) is 9.32. The maximum absolute atomic E-state index is 9.32. The molecule has 0 bridgehead atoms. The van der Waals surface area contributed by atoms with Gasteiger partial charge in [-0.3, -0.25) is 0 Å². The van der Waals surface area contributed by atoms with Gasteiger partial charge in [-0.1, -0.05) is 26.0 Å². The predicted octanol–water partition coefficient (Wildman–Crippen LogP) is 2.85. The molecule has 1 unspecified atom stereocenters. The van der Waals surface area contributed by atoms with Crippen LogP contribution >= 0.6 is 0 Å². The second-order valence-corrected chi connectivity index (χ2v) is 5.90. The average Bonchev–Trinajstić information content (AvgIpc) is 2.36. The maximum atomic E-state index is 9.32. The van der Waals surface area contributed by atoms with Gasteiger partial charge >= 0.3 is 0 Å². The van der Waals surface area contributed by atoms with E-state index in [9.17, 15) is 5.11 Å². The summed E-state index contributed by atoms with van der Waals surface area (Å²) >= 11 is 0. The lowest BCUT2D eigenvalue weighted by atomic mass is 9.67. The van der Waals surface area contributed by atoms with E-state index >= 15 is 0 Å². The van der Waals surface area contributed by atoms with E-state index in [0.29, 0.717) is 6.42 Å². The van der Waals surface area contributed by atoms with Gasteiger partial charge in [-0.15, -0.1) is 0 Å². The molecule has 1 rings (SSSR count). The van der Waals surface area contributed by atoms with E-state index < -0.39 is 5.54 Å². The third kappa shape index (κ3) is 3.71. The molecule has 3 nitrogen and oxygen atoms in total. The van der Waals surface area contributed by atoms with Crippen LogP contribution in [-0.2, 0) is 5.41 Å². The molecule has 3 heteroatoms. The SMILES string of the molecule is CCCOc1ccc(C(C)(CCO)C(C)(C)N)cc1. The predicted molar refractivity (Wildman–Crippen MR) is 79.5 cm³/mol. The van der Waals surface area contributed by atoms with Gasteiger partial charge in [0.2, 0.25) is 0 Å². The van der Waals surface area contributed by atoms with Gasteiger partial charge in [0, 0.05) is 17.6 Å². The Labute approximate surface area is 116 Å². The van der Waals surface area contributed by atoms with Crippen LogP contribution in [0.15, 0.2) is 24.3 Å². The Morgan fingerprint density at radius 3 is 2.16 bits per heavy atom. The fraction of sp³-hybridized carbons (Fsp3) is 0.625. The summed E-state index contributed by atoms with van der Waals surface area (Å²) in [7, 11) is 0. The minimum absolute atomic E-state index is 0.130. The molecule has 0 aliphatic rings. The first-order valence-corrected chi connectivity index (χ1v) is 6.98. The molecule has 0 radical (unpaired) electrons. The van der Waals surface area contributed by atoms with Crippen molar-refractivity contribution in [3.8, 4) is 5.75 Å². The summed E-state index contributed by atoms with van der Waals surface area (Å²) in [6.07, 6.45) is 1.64. The standard InChI is InChI=1S/C16H27NO2/c1-5-12-19-14-8-6-13(7-9-14)16(4,10-11-18)15(2,3)17/h6-9,18H,5,10-12,17H2,1-4H3. The zero-order valence-corrected chi connectivity index (χ0v) is 12.6. The van der Waals surface area contributed by atoms with Crippen molar-refractivity contribution in [1.29, 1.82) is 0 Å². The van der Waals surface area contributed by atoms with E-state index in [-0.39, 0.29) is 12.0 Å². The first kappa shape index (κ1) is 16.0. The Kier molecular flexibility index (Phi) is 5.39. The van der Waals surface area contributed by atoms with Crippen molar-refractivity contribution >= 4 is 0 Å². The monoisotopic (exact) mass is 265 g/mol. The van der Waals surface area contributed by atoms with E-state index in [2.05, 4.69) is 26.0 Å². The van der Waals surface area contributed by atoms with Crippen LogP contribution in [0.25, 0.3) is 0 Å². The second-order valence-electron chi connectivity index (χ2n) is 5.90. The fourth-order valence-electron chi connectivity index (χ4n) is 2.20. The summed E-state index contributed by atoms with van der Waals surface area (Å²) in [6, 6.07) is 8.06. The molecule has 19 heavy (non-hydrogen) atoms. The van der Waals surface area contributed by atoms with Crippen LogP contribution in [0.4, 0.5) is 0 Å². The zero-order chi connectivity index (χ0) is 14.5. The maximum Gasteiger partial charge on any atom is 0.119 e. The van der Waals surface area contributed by atoms with Crippen LogP contribution in [0.3, 0.4) is 0 Å². The number of aliphatic hydroxyl groups is 1. The Balaban J connectivity index is 2.98. The van der Waals surface area contributed by atoms with Crippen LogP contribution in [0.5, 0.6) is 5.75 Å². The molecule has 0 heterocycles. The Bertz CT molecular complexity index is 381. The highest BCUT2D eigenvalue weighted by atomic mass is 16.5. The van der Waals surface area contributed by atoms with Crippen molar-refractivity contribution in [1.82, 2.24) is 0 Å². The first-order valence-electron chi connectivity index (χ1n) is 6.98. The third-order valence-electron chi connectivity index (χ3n) is 4.00. The van der Waals surface area contributed by atoms with E-state index in [1.54, 1.807) is 0 Å². The van der Waals surface area contributed by atoms with Crippen LogP contribution in [0, 0.1) is 0 Å². The van der Waals surface area contributed by atoms with Crippen LogP contribution in [0.1, 0.15) is 46.1 Å². The lowest BCUT2D eigenvalue weighted by Crippen LogP contribution is -2.52. The quantitative estimate of drug-likeness (QED) is 0.797. The minimum Gasteiger partial charge on any atom is -0.494 e. The number of ether oxygens (including phenoxy) is 1. The summed E-state index contributed by atoms with van der Waals surface area (Å²) in [5.74, 6) is 0.881. The smallest absolute Gasteiger partial charge is 0.119 e. The van der Waals surface area contributed by atoms with E-state index in [1.807, 2.05) is 26.0 Å². The zero-order valence-electron chi connectivity index (χ0n) is 12.6. The highest BCUT2D eigenvalue weighted by molar-refractivity contribution is 5.34. The Morgan fingerprint density at radius 2 is 1.74 bits per heavy atom. The molecule has 0 saturated carbocycles. The van der Waals surface area contributed by atoms with Crippen molar-refractivity contribution in [2.75, 3.05) is 13.2 Å². The third-order valence-corrected chi connectivity index (χ3v) is 4.00. The molecular formula is C16H27NO2. The highest BCUT2D eigenvalue weighted by Crippen LogP contribution is 2.37. The molecule has 0 aliphatic carbocycles. The van der Waals surface area contributed by atoms with Crippen molar-refractivity contribution in [2.24, 2.45) is 5.73 Å². The number of benzene rings is 1. The molecule has 1 aromatic rings. The molecule has 0 amide bonds. The molecule has 1 aromatic carbocycles. The van der Waals surface area contributed by atoms with E-state index in [0.717, 1.165) is 24.3 Å². The molecular weight excluding hydrogens is 238 g/mol. The van der Waals surface area contributed by atoms with Crippen molar-refractivity contribution < 1.29 is 9.84 Å². The Morgan fingerprint density at radius 1 is 1.16 bits per heavy atom. The molecule has 0 saturated heterocycles. The largest absolute Gasteiger partial charge is 0.494 e. The van der Waals surface area contributed by atoms with Crippen molar-refractivity contribution in [3.05, 3.63) is 29.8 Å². The number of nitrogens with two attached hydrogens (primary N) is 1. The van der Waals surface area contributed by atoms with Crippen LogP contribution < -0.4 is 10.5 Å². The lowest BCUT2D eigenvalue weighted by molar-refractivity contribution is 0.190. The number of aliphatic hydroxyl groups excluding tert-OH is 1. The number of rotatable bonds is 7. The van der Waals surface area contributed by atoms with Crippen LogP contribution in [0.2, 0.25) is 0 Å². The van der Waals surface area contributed by atoms with Gasteiger partial charge < -0.3 is 15.6 Å². The van der Waals surface area contributed by atoms with Gasteiger partial charge in [0.05, 0.1) is 6.61 Å². The van der Waals surface area contributed by atoms with E-state index in [4.69, 9.17) is 10.5 Å². The summed E-state index contributed by atoms with van der Waals surface area (Å²) < 4.78 is 5.59. The first-order chi connectivity index (χ1) is 8.85. The fourth-order valence-corrected chi connectivity index (χ4v) is 2.20. The average molecular weight is 265 g/mol. The summed E-state index contributed by atoms with van der Waals surface area (Å²) in [6.45, 7) is 9.06. The minimum atomic E-state index is -0.401. The van der Waals surface area contributed by atoms with Gasteiger partial charge in [0.1, 0.15) is 5.75 Å². The molecule has 0 aliphatic heterocycles. The summed E-state index contributed by atoms with van der Waals surface area (Å²) in [5.41, 5.74) is 6.78. The van der Waals surface area contributed by atoms with E-state index in [1.165, 1.54) is 0 Å². The van der Waals surface area contributed by atoms with Gasteiger partial charge in [-0.25, -0.2) is 0 Å². The van der Waals surface area contributed by atoms with Crippen molar-refractivity contribution in [2.45, 2.75) is 51.5 Å².